The summed E-state index contributed by atoms with van der Waals surface area (Å²) in [5.41, 5.74) is 9.03. The number of rotatable bonds is 3. The third kappa shape index (κ3) is 2.95. The Morgan fingerprint density at radius 1 is 1.53 bits per heavy atom. The number of hydrogen-bond acceptors (Lipinski definition) is 4. The highest BCUT2D eigenvalue weighted by molar-refractivity contribution is 7.07. The highest BCUT2D eigenvalue weighted by Crippen LogP contribution is 2.18. The second kappa shape index (κ2) is 5.16. The molecule has 1 aromatic heterocycles. The van der Waals surface area contributed by atoms with Gasteiger partial charge >= 0.3 is 0 Å². The second-order valence-corrected chi connectivity index (χ2v) is 4.53. The number of nitrogens with one attached hydrogen (secondary N) is 1. The van der Waals surface area contributed by atoms with E-state index in [0.29, 0.717) is 22.8 Å². The van der Waals surface area contributed by atoms with Crippen LogP contribution >= 0.6 is 22.9 Å². The molecule has 1 aromatic carbocycles. The average molecular weight is 268 g/mol. The Balaban J connectivity index is 2.07. The molecule has 0 atom stereocenters. The number of benzene rings is 1. The Kier molecular flexibility index (Phi) is 3.61. The summed E-state index contributed by atoms with van der Waals surface area (Å²) in [4.78, 5) is 15.9. The van der Waals surface area contributed by atoms with Crippen molar-refractivity contribution in [1.82, 2.24) is 10.3 Å². The number of nitrogens with zero attached hydrogens (tertiary/aromatic N) is 1. The van der Waals surface area contributed by atoms with Crippen molar-refractivity contribution in [3.05, 3.63) is 45.4 Å². The van der Waals surface area contributed by atoms with E-state index in [1.54, 1.807) is 23.7 Å². The third-order valence-corrected chi connectivity index (χ3v) is 3.11. The maximum Gasteiger partial charge on any atom is 0.253 e. The van der Waals surface area contributed by atoms with Crippen molar-refractivity contribution in [2.24, 2.45) is 0 Å². The van der Waals surface area contributed by atoms with Crippen LogP contribution in [0.25, 0.3) is 0 Å². The smallest absolute Gasteiger partial charge is 0.253 e. The summed E-state index contributed by atoms with van der Waals surface area (Å²) < 4.78 is 0. The van der Waals surface area contributed by atoms with Gasteiger partial charge in [-0.2, -0.15) is 0 Å². The van der Waals surface area contributed by atoms with Crippen molar-refractivity contribution < 1.29 is 4.79 Å². The van der Waals surface area contributed by atoms with E-state index in [-0.39, 0.29) is 5.91 Å². The van der Waals surface area contributed by atoms with Gasteiger partial charge in [0.15, 0.2) is 0 Å². The Labute approximate surface area is 107 Å². The predicted molar refractivity (Wildman–Crippen MR) is 69.1 cm³/mol. The number of carbonyl (C=O) groups excluding carboxylic acids is 1. The lowest BCUT2D eigenvalue weighted by molar-refractivity contribution is 0.0950. The molecule has 88 valence electrons. The van der Waals surface area contributed by atoms with Crippen LogP contribution in [0, 0.1) is 0 Å². The van der Waals surface area contributed by atoms with Gasteiger partial charge in [0.05, 0.1) is 28.3 Å². The summed E-state index contributed by atoms with van der Waals surface area (Å²) in [6.45, 7) is 0.382. The van der Waals surface area contributed by atoms with E-state index in [9.17, 15) is 4.79 Å². The lowest BCUT2D eigenvalue weighted by Gasteiger charge is -2.06. The third-order valence-electron chi connectivity index (χ3n) is 2.15. The monoisotopic (exact) mass is 267 g/mol. The average Bonchev–Trinajstić information content (AvgIpc) is 2.82. The molecule has 0 fully saturated rings. The number of halogens is 1. The molecule has 0 aliphatic rings. The summed E-state index contributed by atoms with van der Waals surface area (Å²) in [6, 6.07) is 4.81. The number of aromatic nitrogens is 1. The van der Waals surface area contributed by atoms with E-state index in [0.717, 1.165) is 5.69 Å². The number of nitrogens with two attached hydrogens (primary N) is 1. The number of anilines is 1. The summed E-state index contributed by atoms with van der Waals surface area (Å²) in [6.07, 6.45) is 0. The van der Waals surface area contributed by atoms with Crippen LogP contribution in [0.1, 0.15) is 16.1 Å². The fraction of sp³-hybridized carbons (Fsp3) is 0.0909. The Hall–Kier alpha value is -1.59. The summed E-state index contributed by atoms with van der Waals surface area (Å²) in [5, 5.41) is 5.00. The van der Waals surface area contributed by atoms with E-state index >= 15 is 0 Å². The van der Waals surface area contributed by atoms with Gasteiger partial charge in [0, 0.05) is 11.1 Å². The standard InChI is InChI=1S/C11H10ClN3OS/c12-10-2-1-7(13)3-9(10)11(16)14-4-8-5-17-6-15-8/h1-3,5-6H,4,13H2,(H,14,16). The maximum absolute atomic E-state index is 11.8. The van der Waals surface area contributed by atoms with Crippen molar-refractivity contribution in [3.63, 3.8) is 0 Å². The molecule has 0 aliphatic carbocycles. The molecule has 0 saturated heterocycles. The van der Waals surface area contributed by atoms with Crippen molar-refractivity contribution in [2.75, 3.05) is 5.73 Å². The molecule has 1 heterocycles. The molecule has 17 heavy (non-hydrogen) atoms. The van der Waals surface area contributed by atoms with E-state index in [1.165, 1.54) is 11.3 Å². The predicted octanol–water partition coefficient (Wildman–Crippen LogP) is 2.31. The SMILES string of the molecule is Nc1ccc(Cl)c(C(=O)NCc2cscn2)c1. The lowest BCUT2D eigenvalue weighted by atomic mass is 10.2. The summed E-state index contributed by atoms with van der Waals surface area (Å²) >= 11 is 7.41. The first-order valence-corrected chi connectivity index (χ1v) is 6.19. The zero-order valence-corrected chi connectivity index (χ0v) is 10.4. The molecule has 0 spiro atoms. The molecule has 2 aromatic rings. The number of nitrogen functional groups attached to an aromatic ring is 1. The zero-order chi connectivity index (χ0) is 12.3. The molecule has 4 nitrogen and oxygen atoms in total. The molecule has 0 radical (unpaired) electrons. The molecule has 0 bridgehead atoms. The van der Waals surface area contributed by atoms with Gasteiger partial charge in [-0.1, -0.05) is 11.6 Å². The van der Waals surface area contributed by atoms with Crippen molar-refractivity contribution in [2.45, 2.75) is 6.54 Å². The Bertz CT molecular complexity index is 528. The van der Waals surface area contributed by atoms with E-state index in [1.807, 2.05) is 5.38 Å². The van der Waals surface area contributed by atoms with Crippen LogP contribution in [-0.4, -0.2) is 10.9 Å². The molecule has 2 rings (SSSR count). The molecule has 0 unspecified atom stereocenters. The summed E-state index contributed by atoms with van der Waals surface area (Å²) in [5.74, 6) is -0.254. The zero-order valence-electron chi connectivity index (χ0n) is 8.81. The van der Waals surface area contributed by atoms with Crippen molar-refractivity contribution in [3.8, 4) is 0 Å². The Morgan fingerprint density at radius 3 is 3.06 bits per heavy atom. The quantitative estimate of drug-likeness (QED) is 0.839. The van der Waals surface area contributed by atoms with Crippen LogP contribution in [0.5, 0.6) is 0 Å². The summed E-state index contributed by atoms with van der Waals surface area (Å²) in [7, 11) is 0. The number of thiazole rings is 1. The van der Waals surface area contributed by atoms with Gasteiger partial charge in [-0.15, -0.1) is 11.3 Å². The van der Waals surface area contributed by atoms with E-state index in [4.69, 9.17) is 17.3 Å². The molecule has 1 amide bonds. The lowest BCUT2D eigenvalue weighted by Crippen LogP contribution is -2.23. The van der Waals surface area contributed by atoms with Crippen LogP contribution in [0.4, 0.5) is 5.69 Å². The minimum atomic E-state index is -0.254. The van der Waals surface area contributed by atoms with Gasteiger partial charge in [-0.25, -0.2) is 4.98 Å². The van der Waals surface area contributed by atoms with Crippen molar-refractivity contribution >= 4 is 34.5 Å². The number of hydrogen-bond donors (Lipinski definition) is 2. The number of amides is 1. The van der Waals surface area contributed by atoms with Crippen LogP contribution in [0.15, 0.2) is 29.1 Å². The van der Waals surface area contributed by atoms with Crippen LogP contribution in [0.3, 0.4) is 0 Å². The van der Waals surface area contributed by atoms with Gasteiger partial charge in [0.1, 0.15) is 0 Å². The molecular weight excluding hydrogens is 258 g/mol. The first kappa shape index (κ1) is 11.9. The Morgan fingerprint density at radius 2 is 2.35 bits per heavy atom. The topological polar surface area (TPSA) is 68.0 Å². The van der Waals surface area contributed by atoms with Crippen LogP contribution in [-0.2, 0) is 6.54 Å². The normalized spacial score (nSPS) is 10.2. The van der Waals surface area contributed by atoms with Gasteiger partial charge in [-0.05, 0) is 18.2 Å². The first-order valence-electron chi connectivity index (χ1n) is 4.87. The highest BCUT2D eigenvalue weighted by Gasteiger charge is 2.10. The number of carbonyl (C=O) groups is 1. The maximum atomic E-state index is 11.8. The highest BCUT2D eigenvalue weighted by atomic mass is 35.5. The van der Waals surface area contributed by atoms with Gasteiger partial charge in [0.2, 0.25) is 0 Å². The van der Waals surface area contributed by atoms with Crippen molar-refractivity contribution in [1.29, 1.82) is 0 Å². The van der Waals surface area contributed by atoms with E-state index < -0.39 is 0 Å². The minimum Gasteiger partial charge on any atom is -0.399 e. The molecule has 6 heteroatoms. The molecular formula is C11H10ClN3OS. The fourth-order valence-electron chi connectivity index (χ4n) is 1.31. The molecule has 3 N–H and O–H groups in total. The fourth-order valence-corrected chi connectivity index (χ4v) is 2.07. The second-order valence-electron chi connectivity index (χ2n) is 3.40. The van der Waals surface area contributed by atoms with Crippen LogP contribution < -0.4 is 11.1 Å². The van der Waals surface area contributed by atoms with Gasteiger partial charge in [-0.3, -0.25) is 4.79 Å². The molecule has 0 saturated carbocycles. The van der Waals surface area contributed by atoms with Crippen LogP contribution in [0.2, 0.25) is 5.02 Å². The first-order chi connectivity index (χ1) is 8.16. The minimum absolute atomic E-state index is 0.254. The molecule has 0 aliphatic heterocycles. The largest absolute Gasteiger partial charge is 0.399 e. The van der Waals surface area contributed by atoms with Gasteiger partial charge in [0.25, 0.3) is 5.91 Å². The van der Waals surface area contributed by atoms with E-state index in [2.05, 4.69) is 10.3 Å². The van der Waals surface area contributed by atoms with Gasteiger partial charge < -0.3 is 11.1 Å².